The van der Waals surface area contributed by atoms with Gasteiger partial charge in [0.2, 0.25) is 0 Å². The summed E-state index contributed by atoms with van der Waals surface area (Å²) in [5, 5.41) is 11.5. The Kier molecular flexibility index (Phi) is 3.38. The fourth-order valence-corrected chi connectivity index (χ4v) is 2.71. The number of aryl methyl sites for hydroxylation is 1. The maximum atomic E-state index is 4.41. The molecule has 0 fully saturated rings. The van der Waals surface area contributed by atoms with Crippen molar-refractivity contribution < 1.29 is 0 Å². The van der Waals surface area contributed by atoms with Gasteiger partial charge in [0, 0.05) is 18.5 Å². The van der Waals surface area contributed by atoms with Crippen LogP contribution in [0.2, 0.25) is 0 Å². The highest BCUT2D eigenvalue weighted by Gasteiger charge is 2.08. The molecule has 0 spiro atoms. The van der Waals surface area contributed by atoms with Crippen molar-refractivity contribution >= 4 is 27.9 Å². The molecule has 0 radical (unpaired) electrons. The second kappa shape index (κ2) is 5.68. The van der Waals surface area contributed by atoms with Crippen molar-refractivity contribution in [2.45, 2.75) is 19.9 Å². The maximum absolute atomic E-state index is 4.41. The molecule has 7 nitrogen and oxygen atoms in total. The molecule has 0 aliphatic rings. The Morgan fingerprint density at radius 1 is 1.22 bits per heavy atom. The summed E-state index contributed by atoms with van der Waals surface area (Å²) < 4.78 is 2.01. The fraction of sp³-hybridized carbons (Fsp3) is 0.250. The Hall–Kier alpha value is -2.96. The number of hydrogen-bond acceptors (Lipinski definition) is 5. The van der Waals surface area contributed by atoms with Crippen LogP contribution in [0.25, 0.3) is 22.1 Å². The van der Waals surface area contributed by atoms with Crippen LogP contribution in [0.5, 0.6) is 0 Å². The monoisotopic (exact) mass is 307 g/mol. The Balaban J connectivity index is 1.49. The number of nitrogens with one attached hydrogen (secondary N) is 2. The van der Waals surface area contributed by atoms with Gasteiger partial charge in [-0.2, -0.15) is 5.10 Å². The smallest absolute Gasteiger partial charge is 0.165 e. The molecule has 0 atom stereocenters. The first-order chi connectivity index (χ1) is 11.3. The Labute approximate surface area is 132 Å². The average molecular weight is 307 g/mol. The molecule has 3 heterocycles. The van der Waals surface area contributed by atoms with E-state index in [2.05, 4.69) is 55.6 Å². The number of nitrogens with zero attached hydrogens (tertiary/aromatic N) is 5. The van der Waals surface area contributed by atoms with Crippen LogP contribution in [0.1, 0.15) is 12.5 Å². The van der Waals surface area contributed by atoms with Gasteiger partial charge in [-0.1, -0.05) is 6.07 Å². The first-order valence-corrected chi connectivity index (χ1v) is 7.67. The van der Waals surface area contributed by atoms with Crippen molar-refractivity contribution in [2.24, 2.45) is 0 Å². The first kappa shape index (κ1) is 13.7. The normalized spacial score (nSPS) is 11.3. The minimum absolute atomic E-state index is 0.784. The summed E-state index contributed by atoms with van der Waals surface area (Å²) in [5.74, 6) is 0.784. The molecule has 0 aliphatic carbocycles. The van der Waals surface area contributed by atoms with Gasteiger partial charge in [0.05, 0.1) is 18.0 Å². The molecule has 0 aliphatic heterocycles. The van der Waals surface area contributed by atoms with Gasteiger partial charge in [-0.25, -0.2) is 15.0 Å². The van der Waals surface area contributed by atoms with Gasteiger partial charge in [-0.15, -0.1) is 0 Å². The maximum Gasteiger partial charge on any atom is 0.165 e. The quantitative estimate of drug-likeness (QED) is 0.591. The van der Waals surface area contributed by atoms with Crippen LogP contribution in [0.4, 0.5) is 5.82 Å². The Morgan fingerprint density at radius 3 is 3.09 bits per heavy atom. The summed E-state index contributed by atoms with van der Waals surface area (Å²) in [6.07, 6.45) is 6.13. The van der Waals surface area contributed by atoms with Crippen LogP contribution in [0, 0.1) is 0 Å². The molecule has 23 heavy (non-hydrogen) atoms. The molecule has 0 unspecified atom stereocenters. The molecule has 0 saturated carbocycles. The molecular weight excluding hydrogens is 290 g/mol. The second-order valence-electron chi connectivity index (χ2n) is 5.39. The van der Waals surface area contributed by atoms with Crippen LogP contribution in [-0.4, -0.2) is 36.3 Å². The van der Waals surface area contributed by atoms with Gasteiger partial charge in [-0.3, -0.25) is 5.10 Å². The van der Waals surface area contributed by atoms with Crippen LogP contribution in [0.3, 0.4) is 0 Å². The summed E-state index contributed by atoms with van der Waals surface area (Å²) >= 11 is 0. The van der Waals surface area contributed by atoms with Crippen LogP contribution in [0.15, 0.2) is 37.1 Å². The predicted octanol–water partition coefficient (Wildman–Crippen LogP) is 2.38. The van der Waals surface area contributed by atoms with E-state index in [4.69, 9.17) is 0 Å². The first-order valence-electron chi connectivity index (χ1n) is 7.67. The molecule has 0 saturated heterocycles. The number of anilines is 1. The lowest BCUT2D eigenvalue weighted by molar-refractivity contribution is 0.777. The standard InChI is InChI=1S/C16H17N7/c1-2-23-10-20-14-15(18-9-19-16(14)23)17-6-5-11-3-4-13-12(7-11)8-21-22-13/h3-4,7-10H,2,5-6H2,1H3,(H,21,22)(H,17,18,19). The molecular formula is C16H17N7. The third-order valence-electron chi connectivity index (χ3n) is 3.95. The van der Waals surface area contributed by atoms with E-state index >= 15 is 0 Å². The van der Waals surface area contributed by atoms with Gasteiger partial charge >= 0.3 is 0 Å². The third kappa shape index (κ3) is 2.50. The summed E-state index contributed by atoms with van der Waals surface area (Å²) in [7, 11) is 0. The van der Waals surface area contributed by atoms with E-state index in [9.17, 15) is 0 Å². The van der Waals surface area contributed by atoms with Gasteiger partial charge in [0.25, 0.3) is 0 Å². The van der Waals surface area contributed by atoms with Gasteiger partial charge in [0.1, 0.15) is 11.8 Å². The lowest BCUT2D eigenvalue weighted by Crippen LogP contribution is -2.07. The van der Waals surface area contributed by atoms with Gasteiger partial charge < -0.3 is 9.88 Å². The predicted molar refractivity (Wildman–Crippen MR) is 89.3 cm³/mol. The topological polar surface area (TPSA) is 84.3 Å². The number of aromatic nitrogens is 6. The second-order valence-corrected chi connectivity index (χ2v) is 5.39. The highest BCUT2D eigenvalue weighted by atomic mass is 15.1. The van der Waals surface area contributed by atoms with Crippen molar-refractivity contribution in [1.29, 1.82) is 0 Å². The number of benzene rings is 1. The molecule has 0 bridgehead atoms. The van der Waals surface area contributed by atoms with E-state index in [1.165, 1.54) is 5.56 Å². The highest BCUT2D eigenvalue weighted by Crippen LogP contribution is 2.18. The molecule has 4 rings (SSSR count). The Bertz CT molecular complexity index is 953. The fourth-order valence-electron chi connectivity index (χ4n) is 2.71. The minimum atomic E-state index is 0.784. The molecule has 3 aromatic heterocycles. The zero-order chi connectivity index (χ0) is 15.6. The number of imidazole rings is 1. The van der Waals surface area contributed by atoms with E-state index in [0.29, 0.717) is 0 Å². The lowest BCUT2D eigenvalue weighted by atomic mass is 10.1. The van der Waals surface area contributed by atoms with Gasteiger partial charge in [0.15, 0.2) is 11.5 Å². The summed E-state index contributed by atoms with van der Waals surface area (Å²) in [4.78, 5) is 13.0. The van der Waals surface area contributed by atoms with E-state index in [1.54, 1.807) is 12.7 Å². The van der Waals surface area contributed by atoms with Crippen LogP contribution >= 0.6 is 0 Å². The van der Waals surface area contributed by atoms with E-state index < -0.39 is 0 Å². The minimum Gasteiger partial charge on any atom is -0.368 e. The molecule has 1 aromatic carbocycles. The number of fused-ring (bicyclic) bond motifs is 2. The van der Waals surface area contributed by atoms with Gasteiger partial charge in [-0.05, 0) is 31.0 Å². The summed E-state index contributed by atoms with van der Waals surface area (Å²) in [5.41, 5.74) is 4.00. The van der Waals surface area contributed by atoms with E-state index in [1.807, 2.05) is 10.8 Å². The number of aromatic amines is 1. The zero-order valence-corrected chi connectivity index (χ0v) is 12.8. The molecule has 7 heteroatoms. The van der Waals surface area contributed by atoms with Crippen molar-refractivity contribution in [3.05, 3.63) is 42.6 Å². The lowest BCUT2D eigenvalue weighted by Gasteiger charge is -2.06. The van der Waals surface area contributed by atoms with Crippen LogP contribution in [-0.2, 0) is 13.0 Å². The molecule has 4 aromatic rings. The van der Waals surface area contributed by atoms with E-state index in [-0.39, 0.29) is 0 Å². The van der Waals surface area contributed by atoms with Crippen molar-refractivity contribution in [3.8, 4) is 0 Å². The van der Waals surface area contributed by atoms with Crippen molar-refractivity contribution in [3.63, 3.8) is 0 Å². The summed E-state index contributed by atoms with van der Waals surface area (Å²) in [6, 6.07) is 6.33. The van der Waals surface area contributed by atoms with E-state index in [0.717, 1.165) is 47.4 Å². The summed E-state index contributed by atoms with van der Waals surface area (Å²) in [6.45, 7) is 3.70. The number of H-pyrrole nitrogens is 1. The van der Waals surface area contributed by atoms with Crippen molar-refractivity contribution in [1.82, 2.24) is 29.7 Å². The highest BCUT2D eigenvalue weighted by molar-refractivity contribution is 5.82. The molecule has 116 valence electrons. The number of rotatable bonds is 5. The average Bonchev–Trinajstić information content (AvgIpc) is 3.21. The number of hydrogen-bond donors (Lipinski definition) is 2. The van der Waals surface area contributed by atoms with Crippen molar-refractivity contribution in [2.75, 3.05) is 11.9 Å². The molecule has 0 amide bonds. The largest absolute Gasteiger partial charge is 0.368 e. The SMILES string of the molecule is CCn1cnc2c(NCCc3ccc4[nH]ncc4c3)ncnc21. The molecule has 2 N–H and O–H groups in total. The van der Waals surface area contributed by atoms with Crippen LogP contribution < -0.4 is 5.32 Å². The third-order valence-corrected chi connectivity index (χ3v) is 3.95. The Morgan fingerprint density at radius 2 is 2.17 bits per heavy atom. The zero-order valence-electron chi connectivity index (χ0n) is 12.8.